The summed E-state index contributed by atoms with van der Waals surface area (Å²) < 4.78 is 5.98. The van der Waals surface area contributed by atoms with E-state index < -0.39 is 41.8 Å². The van der Waals surface area contributed by atoms with Crippen molar-refractivity contribution >= 4 is 29.5 Å². The van der Waals surface area contributed by atoms with E-state index in [1.165, 1.54) is 0 Å². The summed E-state index contributed by atoms with van der Waals surface area (Å²) in [6.45, 7) is 7.29. The Kier molecular flexibility index (Phi) is 15.9. The summed E-state index contributed by atoms with van der Waals surface area (Å²) in [4.78, 5) is 68.9. The van der Waals surface area contributed by atoms with Gasteiger partial charge in [-0.3, -0.25) is 24.0 Å². The van der Waals surface area contributed by atoms with Gasteiger partial charge in [-0.25, -0.2) is 0 Å². The molecule has 2 aromatic carbocycles. The summed E-state index contributed by atoms with van der Waals surface area (Å²) >= 11 is 0. The molecule has 0 fully saturated rings. The van der Waals surface area contributed by atoms with Crippen LogP contribution in [0.3, 0.4) is 0 Å². The molecule has 262 valence electrons. The maximum Gasteiger partial charge on any atom is 0.255 e. The van der Waals surface area contributed by atoms with E-state index in [1.807, 2.05) is 51.1 Å². The van der Waals surface area contributed by atoms with Crippen LogP contribution in [0.4, 0.5) is 0 Å². The Morgan fingerprint density at radius 1 is 0.917 bits per heavy atom. The number of benzene rings is 2. The Labute approximate surface area is 284 Å². The fraction of sp³-hybridized carbons (Fsp3) is 0.541. The first kappa shape index (κ1) is 38.0. The molecule has 0 saturated heterocycles. The number of carbonyl (C=O) groups excluding carboxylic acids is 5. The van der Waals surface area contributed by atoms with Gasteiger partial charge in [-0.2, -0.15) is 0 Å². The van der Waals surface area contributed by atoms with Gasteiger partial charge in [-0.15, -0.1) is 0 Å². The highest BCUT2D eigenvalue weighted by atomic mass is 16.5. The molecule has 5 amide bonds. The second-order valence-electron chi connectivity index (χ2n) is 12.9. The fourth-order valence-corrected chi connectivity index (χ4v) is 5.59. The fourth-order valence-electron chi connectivity index (χ4n) is 5.59. The van der Waals surface area contributed by atoms with Crippen molar-refractivity contribution in [3.8, 4) is 5.75 Å². The number of fused-ring (bicyclic) bond motifs is 1. The third-order valence-electron chi connectivity index (χ3n) is 8.24. The Morgan fingerprint density at radius 2 is 1.62 bits per heavy atom. The van der Waals surface area contributed by atoms with Gasteiger partial charge in [-0.1, -0.05) is 76.1 Å². The van der Waals surface area contributed by atoms with Crippen molar-refractivity contribution < 1.29 is 28.7 Å². The van der Waals surface area contributed by atoms with Crippen LogP contribution in [0.2, 0.25) is 0 Å². The van der Waals surface area contributed by atoms with E-state index in [2.05, 4.69) is 21.3 Å². The van der Waals surface area contributed by atoms with Gasteiger partial charge < -0.3 is 30.9 Å². The summed E-state index contributed by atoms with van der Waals surface area (Å²) in [5, 5.41) is 11.4. The standard InChI is InChI=1S/C37H53N5O6/c1-5-21-38-35(45)29-19-20-33(43)39-30(25-27-15-9-8-10-16-27)36(46)41-31(24-26(2)3)37(47)42(4)22-13-6-7-14-23-48-32-18-12-11-17-28(32)34(44)40-29/h8-12,15-18,26,29-31H,5-7,13-14,19-25H2,1-4H3,(H,38,45)(H,39,43)(H,40,44)(H,41,46)/t29-,30-,31-/m0/s1. The van der Waals surface area contributed by atoms with E-state index in [9.17, 15) is 24.0 Å². The molecule has 1 aliphatic rings. The Balaban J connectivity index is 1.89. The molecule has 11 heteroatoms. The highest BCUT2D eigenvalue weighted by Gasteiger charge is 2.30. The number of nitrogens with zero attached hydrogens (tertiary/aromatic N) is 1. The highest BCUT2D eigenvalue weighted by molar-refractivity contribution is 6.00. The number of amides is 5. The van der Waals surface area contributed by atoms with Crippen LogP contribution in [0.25, 0.3) is 0 Å². The van der Waals surface area contributed by atoms with Crippen LogP contribution in [0.1, 0.15) is 88.1 Å². The van der Waals surface area contributed by atoms with E-state index in [1.54, 1.807) is 36.2 Å². The number of rotatable bonds is 7. The molecule has 48 heavy (non-hydrogen) atoms. The number of likely N-dealkylation sites (N-methyl/N-ethyl adjacent to an activating group) is 1. The number of hydrogen-bond donors (Lipinski definition) is 4. The minimum absolute atomic E-state index is 0.00900. The molecule has 2 aromatic rings. The van der Waals surface area contributed by atoms with Crippen LogP contribution in [0, 0.1) is 5.92 Å². The van der Waals surface area contributed by atoms with Gasteiger partial charge in [0.2, 0.25) is 23.6 Å². The minimum Gasteiger partial charge on any atom is -0.493 e. The minimum atomic E-state index is -0.995. The van der Waals surface area contributed by atoms with E-state index in [-0.39, 0.29) is 31.1 Å². The molecule has 0 spiro atoms. The highest BCUT2D eigenvalue weighted by Crippen LogP contribution is 2.19. The zero-order chi connectivity index (χ0) is 34.9. The third-order valence-corrected chi connectivity index (χ3v) is 8.24. The Hall–Kier alpha value is -4.41. The van der Waals surface area contributed by atoms with E-state index in [0.717, 1.165) is 31.2 Å². The summed E-state index contributed by atoms with van der Waals surface area (Å²) in [5.41, 5.74) is 1.14. The number of ether oxygens (including phenoxy) is 1. The molecule has 11 nitrogen and oxygen atoms in total. The number of carbonyl (C=O) groups is 5. The molecule has 1 aliphatic heterocycles. The average molecular weight is 664 g/mol. The monoisotopic (exact) mass is 663 g/mol. The van der Waals surface area contributed by atoms with Crippen LogP contribution < -0.4 is 26.0 Å². The first-order chi connectivity index (χ1) is 23.1. The van der Waals surface area contributed by atoms with Crippen molar-refractivity contribution in [3.05, 3.63) is 65.7 Å². The molecule has 0 radical (unpaired) electrons. The van der Waals surface area contributed by atoms with Gasteiger partial charge >= 0.3 is 0 Å². The molecular weight excluding hydrogens is 610 g/mol. The van der Waals surface area contributed by atoms with E-state index in [0.29, 0.717) is 43.9 Å². The van der Waals surface area contributed by atoms with Crippen molar-refractivity contribution in [3.63, 3.8) is 0 Å². The van der Waals surface area contributed by atoms with Crippen LogP contribution in [-0.4, -0.2) is 79.3 Å². The molecule has 0 bridgehead atoms. The molecule has 3 rings (SSSR count). The number of nitrogens with one attached hydrogen (secondary N) is 4. The lowest BCUT2D eigenvalue weighted by molar-refractivity contribution is -0.137. The van der Waals surface area contributed by atoms with Crippen LogP contribution in [0.5, 0.6) is 5.75 Å². The smallest absolute Gasteiger partial charge is 0.255 e. The lowest BCUT2D eigenvalue weighted by Gasteiger charge is -2.28. The lowest BCUT2D eigenvalue weighted by Crippen LogP contribution is -2.55. The van der Waals surface area contributed by atoms with Gasteiger partial charge in [0.15, 0.2) is 0 Å². The normalized spacial score (nSPS) is 21.0. The lowest BCUT2D eigenvalue weighted by atomic mass is 10.0. The van der Waals surface area contributed by atoms with E-state index in [4.69, 9.17) is 4.74 Å². The average Bonchev–Trinajstić information content (AvgIpc) is 3.07. The number of para-hydroxylation sites is 1. The Morgan fingerprint density at radius 3 is 2.35 bits per heavy atom. The van der Waals surface area contributed by atoms with Crippen molar-refractivity contribution in [1.29, 1.82) is 0 Å². The summed E-state index contributed by atoms with van der Waals surface area (Å²) in [7, 11) is 1.75. The van der Waals surface area contributed by atoms with Crippen molar-refractivity contribution in [2.75, 3.05) is 26.7 Å². The molecule has 1 heterocycles. The first-order valence-electron chi connectivity index (χ1n) is 17.3. The van der Waals surface area contributed by atoms with Gasteiger partial charge in [0.25, 0.3) is 5.91 Å². The zero-order valence-electron chi connectivity index (χ0n) is 28.9. The maximum atomic E-state index is 13.8. The van der Waals surface area contributed by atoms with Gasteiger partial charge in [0.05, 0.1) is 12.2 Å². The summed E-state index contributed by atoms with van der Waals surface area (Å²) in [5.74, 6) is -1.39. The number of hydrogen-bond acceptors (Lipinski definition) is 6. The first-order valence-corrected chi connectivity index (χ1v) is 17.3. The van der Waals surface area contributed by atoms with Crippen molar-refractivity contribution in [2.45, 2.75) is 96.7 Å². The molecule has 3 atom stereocenters. The van der Waals surface area contributed by atoms with Crippen LogP contribution in [-0.2, 0) is 25.6 Å². The summed E-state index contributed by atoms with van der Waals surface area (Å²) in [6, 6.07) is 13.5. The SMILES string of the molecule is CCCNC(=O)[C@@H]1CCC(=O)N[C@@H](Cc2ccccc2)C(=O)N[C@@H](CC(C)C)C(=O)N(C)CCCCCCOc2ccccc2C(=O)N1. The maximum absolute atomic E-state index is 13.8. The molecule has 0 unspecified atom stereocenters. The molecule has 0 aliphatic carbocycles. The van der Waals surface area contributed by atoms with Crippen molar-refractivity contribution in [2.24, 2.45) is 5.92 Å². The second-order valence-corrected chi connectivity index (χ2v) is 12.9. The quantitative estimate of drug-likeness (QED) is 0.355. The molecule has 4 N–H and O–H groups in total. The van der Waals surface area contributed by atoms with Crippen LogP contribution in [0.15, 0.2) is 54.6 Å². The second kappa shape index (κ2) is 20.1. The summed E-state index contributed by atoms with van der Waals surface area (Å²) in [6.07, 6.45) is 4.56. The molecule has 0 saturated carbocycles. The molecule has 0 aromatic heterocycles. The van der Waals surface area contributed by atoms with Crippen LogP contribution >= 0.6 is 0 Å². The molecular formula is C37H53N5O6. The van der Waals surface area contributed by atoms with Crippen molar-refractivity contribution in [1.82, 2.24) is 26.2 Å². The largest absolute Gasteiger partial charge is 0.493 e. The van der Waals surface area contributed by atoms with Gasteiger partial charge in [-0.05, 0) is 55.7 Å². The zero-order valence-corrected chi connectivity index (χ0v) is 28.9. The predicted octanol–water partition coefficient (Wildman–Crippen LogP) is 3.76. The predicted molar refractivity (Wildman–Crippen MR) is 185 cm³/mol. The Bertz CT molecular complexity index is 1350. The third kappa shape index (κ3) is 12.7. The van der Waals surface area contributed by atoms with Gasteiger partial charge in [0, 0.05) is 33.0 Å². The topological polar surface area (TPSA) is 146 Å². The van der Waals surface area contributed by atoms with Gasteiger partial charge in [0.1, 0.15) is 23.9 Å². The van der Waals surface area contributed by atoms with E-state index >= 15 is 0 Å².